The number of aryl methyl sites for hydroxylation is 1. The number of aromatic amines is 1. The molecular formula is C15H15N5O5S. The molecule has 0 bridgehead atoms. The number of aromatic nitrogens is 1. The number of rotatable bonds is 4. The van der Waals surface area contributed by atoms with Crippen molar-refractivity contribution in [2.24, 2.45) is 15.4 Å². The van der Waals surface area contributed by atoms with Crippen LogP contribution in [-0.2, 0) is 10.0 Å². The first-order valence-electron chi connectivity index (χ1n) is 7.21. The summed E-state index contributed by atoms with van der Waals surface area (Å²) in [4.78, 5) is 13.2. The molecule has 0 radical (unpaired) electrons. The molecule has 0 amide bonds. The number of benzene rings is 2. The van der Waals surface area contributed by atoms with Crippen LogP contribution in [0.3, 0.4) is 0 Å². The molecule has 3 aromatic rings. The maximum Gasteiger partial charge on any atom is 0.273 e. The predicted molar refractivity (Wildman–Crippen MR) is 95.5 cm³/mol. The van der Waals surface area contributed by atoms with Crippen LogP contribution in [0.25, 0.3) is 10.9 Å². The van der Waals surface area contributed by atoms with Crippen LogP contribution in [0.4, 0.5) is 17.1 Å². The molecule has 0 saturated heterocycles. The van der Waals surface area contributed by atoms with Crippen molar-refractivity contribution in [1.29, 1.82) is 0 Å². The fraction of sp³-hybridized carbons (Fsp3) is 0.0667. The third kappa shape index (κ3) is 3.12. The third-order valence-corrected chi connectivity index (χ3v) is 4.71. The molecule has 0 saturated carbocycles. The second-order valence-electron chi connectivity index (χ2n) is 5.45. The third-order valence-electron chi connectivity index (χ3n) is 3.78. The van der Waals surface area contributed by atoms with Crippen LogP contribution in [0, 0.1) is 17.0 Å². The second kappa shape index (κ2) is 6.20. The van der Waals surface area contributed by atoms with E-state index in [0.717, 1.165) is 0 Å². The fourth-order valence-corrected chi connectivity index (χ4v) is 3.04. The van der Waals surface area contributed by atoms with Crippen LogP contribution in [0.15, 0.2) is 51.5 Å². The summed E-state index contributed by atoms with van der Waals surface area (Å²) in [7, 11) is -3.81. The van der Waals surface area contributed by atoms with Crippen molar-refractivity contribution in [3.05, 3.63) is 52.1 Å². The molecule has 0 aliphatic rings. The van der Waals surface area contributed by atoms with E-state index in [9.17, 15) is 23.6 Å². The number of nitro groups is 1. The van der Waals surface area contributed by atoms with Crippen molar-refractivity contribution in [3.63, 3.8) is 0 Å². The number of nitrogens with zero attached hydrogens (tertiary/aromatic N) is 3. The Hall–Kier alpha value is -3.31. The summed E-state index contributed by atoms with van der Waals surface area (Å²) in [5.41, 5.74) is 1.07. The summed E-state index contributed by atoms with van der Waals surface area (Å²) in [5, 5.41) is 34.4. The standard InChI is InChI=1S/C15H13N5O5S.H2/c1-8-12(20(22)23)7-6-11-13(8)14(15(21)17-11)19-18-9-2-4-10(5-3-9)26(16,24)25;/h2-7,17,21H,1H3,(H2,16,24,25);1H. The topological polar surface area (TPSA) is 164 Å². The summed E-state index contributed by atoms with van der Waals surface area (Å²) in [6.45, 7) is 1.55. The number of nitrogens with two attached hydrogens (primary N) is 1. The van der Waals surface area contributed by atoms with Crippen molar-refractivity contribution < 1.29 is 19.9 Å². The van der Waals surface area contributed by atoms with Gasteiger partial charge in [0.1, 0.15) is 0 Å². The van der Waals surface area contributed by atoms with Gasteiger partial charge in [0.15, 0.2) is 5.69 Å². The molecule has 136 valence electrons. The van der Waals surface area contributed by atoms with Crippen molar-refractivity contribution in [1.82, 2.24) is 4.98 Å². The lowest BCUT2D eigenvalue weighted by atomic mass is 10.1. The van der Waals surface area contributed by atoms with E-state index in [0.29, 0.717) is 22.2 Å². The molecule has 1 aromatic heterocycles. The van der Waals surface area contributed by atoms with Crippen molar-refractivity contribution in [3.8, 4) is 5.88 Å². The van der Waals surface area contributed by atoms with Gasteiger partial charge in [-0.2, -0.15) is 5.11 Å². The Morgan fingerprint density at radius 1 is 1.19 bits per heavy atom. The van der Waals surface area contributed by atoms with E-state index in [1.165, 1.54) is 36.4 Å². The van der Waals surface area contributed by atoms with E-state index in [4.69, 9.17) is 5.14 Å². The number of fused-ring (bicyclic) bond motifs is 1. The minimum absolute atomic E-state index is 0. The quantitative estimate of drug-likeness (QED) is 0.359. The summed E-state index contributed by atoms with van der Waals surface area (Å²) >= 11 is 0. The van der Waals surface area contributed by atoms with Gasteiger partial charge >= 0.3 is 0 Å². The van der Waals surface area contributed by atoms with E-state index < -0.39 is 14.9 Å². The number of nitrogens with one attached hydrogen (secondary N) is 1. The zero-order valence-electron chi connectivity index (χ0n) is 13.4. The lowest BCUT2D eigenvalue weighted by molar-refractivity contribution is -0.385. The van der Waals surface area contributed by atoms with E-state index in [1.54, 1.807) is 6.92 Å². The van der Waals surface area contributed by atoms with Gasteiger partial charge in [-0.05, 0) is 37.3 Å². The molecule has 2 aromatic carbocycles. The Labute approximate surface area is 148 Å². The molecule has 0 unspecified atom stereocenters. The van der Waals surface area contributed by atoms with Gasteiger partial charge in [0, 0.05) is 18.4 Å². The Kier molecular flexibility index (Phi) is 4.18. The summed E-state index contributed by atoms with van der Waals surface area (Å²) in [5.74, 6) is -0.284. The maximum absolute atomic E-state index is 11.2. The minimum atomic E-state index is -3.81. The van der Waals surface area contributed by atoms with Gasteiger partial charge in [-0.3, -0.25) is 10.1 Å². The number of nitro benzene ring substituents is 1. The number of aromatic hydroxyl groups is 1. The Morgan fingerprint density at radius 2 is 1.85 bits per heavy atom. The molecule has 0 aliphatic carbocycles. The highest BCUT2D eigenvalue weighted by Gasteiger charge is 2.20. The molecule has 26 heavy (non-hydrogen) atoms. The lowest BCUT2D eigenvalue weighted by Crippen LogP contribution is -2.11. The lowest BCUT2D eigenvalue weighted by Gasteiger charge is -2.00. The first kappa shape index (κ1) is 17.5. The highest BCUT2D eigenvalue weighted by Crippen LogP contribution is 2.40. The predicted octanol–water partition coefficient (Wildman–Crippen LogP) is 3.40. The molecule has 0 fully saturated rings. The number of H-pyrrole nitrogens is 1. The van der Waals surface area contributed by atoms with E-state index in [2.05, 4.69) is 15.2 Å². The SMILES string of the molecule is Cc1c([N+](=O)[O-])ccc2[nH]c(O)c(N=Nc3ccc(S(N)(=O)=O)cc3)c12.[HH]. The fourth-order valence-electron chi connectivity index (χ4n) is 2.52. The molecule has 4 N–H and O–H groups in total. The second-order valence-corrected chi connectivity index (χ2v) is 7.01. The highest BCUT2D eigenvalue weighted by atomic mass is 32.2. The Morgan fingerprint density at radius 3 is 2.42 bits per heavy atom. The molecule has 0 spiro atoms. The first-order chi connectivity index (χ1) is 12.2. The van der Waals surface area contributed by atoms with Crippen molar-refractivity contribution >= 4 is 38.0 Å². The summed E-state index contributed by atoms with van der Waals surface area (Å²) in [6, 6.07) is 8.14. The average Bonchev–Trinajstić information content (AvgIpc) is 2.88. The summed E-state index contributed by atoms with van der Waals surface area (Å²) < 4.78 is 22.5. The van der Waals surface area contributed by atoms with Gasteiger partial charge in [0.25, 0.3) is 5.69 Å². The number of primary sulfonamides is 1. The number of hydrogen-bond donors (Lipinski definition) is 3. The van der Waals surface area contributed by atoms with Gasteiger partial charge in [-0.15, -0.1) is 5.11 Å². The monoisotopic (exact) mass is 377 g/mol. The molecular weight excluding hydrogens is 362 g/mol. The molecule has 11 heteroatoms. The van der Waals surface area contributed by atoms with Crippen LogP contribution in [0.5, 0.6) is 5.88 Å². The van der Waals surface area contributed by atoms with Gasteiger partial charge in [-0.1, -0.05) is 0 Å². The van der Waals surface area contributed by atoms with Gasteiger partial charge in [0.2, 0.25) is 15.9 Å². The van der Waals surface area contributed by atoms with Gasteiger partial charge in [-0.25, -0.2) is 13.6 Å². The first-order valence-corrected chi connectivity index (χ1v) is 8.76. The van der Waals surface area contributed by atoms with E-state index >= 15 is 0 Å². The number of hydrogen-bond acceptors (Lipinski definition) is 7. The zero-order valence-corrected chi connectivity index (χ0v) is 14.2. The number of sulfonamides is 1. The van der Waals surface area contributed by atoms with Crippen LogP contribution in [0.2, 0.25) is 0 Å². The smallest absolute Gasteiger partial charge is 0.273 e. The van der Waals surface area contributed by atoms with Gasteiger partial charge < -0.3 is 10.1 Å². The maximum atomic E-state index is 11.2. The van der Waals surface area contributed by atoms with Crippen LogP contribution < -0.4 is 5.14 Å². The van der Waals surface area contributed by atoms with Crippen LogP contribution >= 0.6 is 0 Å². The molecule has 10 nitrogen and oxygen atoms in total. The number of azo groups is 1. The normalized spacial score (nSPS) is 12.1. The van der Waals surface area contributed by atoms with Crippen molar-refractivity contribution in [2.45, 2.75) is 11.8 Å². The minimum Gasteiger partial charge on any atom is -0.493 e. The van der Waals surface area contributed by atoms with Crippen LogP contribution in [-0.4, -0.2) is 23.4 Å². The average molecular weight is 377 g/mol. The zero-order chi connectivity index (χ0) is 19.1. The van der Waals surface area contributed by atoms with E-state index in [1.807, 2.05) is 0 Å². The molecule has 0 atom stereocenters. The molecule has 1 heterocycles. The van der Waals surface area contributed by atoms with E-state index in [-0.39, 0.29) is 23.6 Å². The molecule has 0 aliphatic heterocycles. The molecule has 3 rings (SSSR count). The van der Waals surface area contributed by atoms with Crippen molar-refractivity contribution in [2.75, 3.05) is 0 Å². The Bertz CT molecular complexity index is 1160. The largest absolute Gasteiger partial charge is 0.493 e. The highest BCUT2D eigenvalue weighted by molar-refractivity contribution is 7.89. The van der Waals surface area contributed by atoms with Gasteiger partial charge in [0.05, 0.1) is 21.0 Å². The van der Waals surface area contributed by atoms with Crippen LogP contribution in [0.1, 0.15) is 6.99 Å². The summed E-state index contributed by atoms with van der Waals surface area (Å²) in [6.07, 6.45) is 0. The Balaban J connectivity index is 0.00000261.